The van der Waals surface area contributed by atoms with Crippen molar-refractivity contribution in [3.63, 3.8) is 0 Å². The van der Waals surface area contributed by atoms with Gasteiger partial charge in [0.15, 0.2) is 0 Å². The molecule has 26 heavy (non-hydrogen) atoms. The highest BCUT2D eigenvalue weighted by molar-refractivity contribution is 7.89. The van der Waals surface area contributed by atoms with Gasteiger partial charge in [-0.05, 0) is 55.0 Å². The van der Waals surface area contributed by atoms with Gasteiger partial charge < -0.3 is 5.32 Å². The summed E-state index contributed by atoms with van der Waals surface area (Å²) in [6.07, 6.45) is 0.236. The molecule has 6 nitrogen and oxygen atoms in total. The number of carbonyl (C=O) groups is 2. The molecule has 0 saturated carbocycles. The maximum atomic E-state index is 13.0. The van der Waals surface area contributed by atoms with Crippen molar-refractivity contribution in [1.82, 2.24) is 9.62 Å². The van der Waals surface area contributed by atoms with E-state index in [2.05, 4.69) is 5.32 Å². The van der Waals surface area contributed by atoms with E-state index in [-0.39, 0.29) is 17.7 Å². The summed E-state index contributed by atoms with van der Waals surface area (Å²) < 4.78 is 26.7. The Hall–Kier alpha value is -2.19. The fraction of sp³-hybridized carbons (Fsp3) is 0.333. The summed E-state index contributed by atoms with van der Waals surface area (Å²) in [6.45, 7) is 4.01. The zero-order chi connectivity index (χ0) is 18.9. The summed E-state index contributed by atoms with van der Waals surface area (Å²) in [5.74, 6) is -0.990. The van der Waals surface area contributed by atoms with Crippen LogP contribution in [-0.4, -0.2) is 30.6 Å². The number of hydrogen-bond donors (Lipinski definition) is 1. The third-order valence-corrected chi connectivity index (χ3v) is 7.22. The van der Waals surface area contributed by atoms with Crippen molar-refractivity contribution >= 4 is 33.2 Å². The van der Waals surface area contributed by atoms with Crippen molar-refractivity contribution in [2.75, 3.05) is 0 Å². The average Bonchev–Trinajstić information content (AvgIpc) is 3.24. The monoisotopic (exact) mass is 392 g/mol. The standard InChI is InChI=1S/C18H20N2O4S2/c1-12-5-6-15(10-13(12)2)26(23,24)20-16(7-8-17(20)21)18(22)19-11-14-4-3-9-25-14/h3-6,9-10,16H,7-8,11H2,1-2H3,(H,19,22)/t16-/m0/s1. The van der Waals surface area contributed by atoms with E-state index >= 15 is 0 Å². The maximum absolute atomic E-state index is 13.0. The number of carbonyl (C=O) groups excluding carboxylic acids is 2. The molecule has 1 aromatic heterocycles. The number of nitrogens with zero attached hydrogens (tertiary/aromatic N) is 1. The van der Waals surface area contributed by atoms with E-state index in [4.69, 9.17) is 0 Å². The SMILES string of the molecule is Cc1ccc(S(=O)(=O)N2C(=O)CC[C@H]2C(=O)NCc2cccs2)cc1C. The van der Waals surface area contributed by atoms with Crippen LogP contribution in [0.5, 0.6) is 0 Å². The molecule has 8 heteroatoms. The lowest BCUT2D eigenvalue weighted by Gasteiger charge is -2.24. The molecule has 2 aromatic rings. The number of sulfonamides is 1. The smallest absolute Gasteiger partial charge is 0.267 e. The lowest BCUT2D eigenvalue weighted by Crippen LogP contribution is -2.47. The molecule has 1 aromatic carbocycles. The molecule has 0 bridgehead atoms. The lowest BCUT2D eigenvalue weighted by molar-refractivity contribution is -0.130. The molecule has 1 fully saturated rings. The predicted molar refractivity (Wildman–Crippen MR) is 99.1 cm³/mol. The van der Waals surface area contributed by atoms with Crippen LogP contribution >= 0.6 is 11.3 Å². The Balaban J connectivity index is 1.84. The van der Waals surface area contributed by atoms with Crippen LogP contribution in [0.4, 0.5) is 0 Å². The molecule has 1 saturated heterocycles. The van der Waals surface area contributed by atoms with Gasteiger partial charge in [-0.2, -0.15) is 0 Å². The fourth-order valence-electron chi connectivity index (χ4n) is 2.89. The molecule has 3 rings (SSSR count). The molecule has 2 amide bonds. The number of amides is 2. The highest BCUT2D eigenvalue weighted by Crippen LogP contribution is 2.28. The molecule has 1 atom stereocenters. The normalized spacial score (nSPS) is 17.5. The van der Waals surface area contributed by atoms with E-state index in [0.717, 1.165) is 20.3 Å². The van der Waals surface area contributed by atoms with Crippen LogP contribution < -0.4 is 5.32 Å². The highest BCUT2D eigenvalue weighted by Gasteiger charge is 2.44. The van der Waals surface area contributed by atoms with Crippen LogP contribution in [0, 0.1) is 13.8 Å². The van der Waals surface area contributed by atoms with Crippen LogP contribution in [0.2, 0.25) is 0 Å². The Morgan fingerprint density at radius 3 is 2.69 bits per heavy atom. The van der Waals surface area contributed by atoms with Crippen molar-refractivity contribution in [2.24, 2.45) is 0 Å². The van der Waals surface area contributed by atoms with E-state index in [0.29, 0.717) is 6.54 Å². The second-order valence-corrected chi connectivity index (χ2v) is 9.14. The maximum Gasteiger partial charge on any atom is 0.267 e. The first kappa shape index (κ1) is 18.6. The molecule has 0 spiro atoms. The summed E-state index contributed by atoms with van der Waals surface area (Å²) >= 11 is 1.50. The van der Waals surface area contributed by atoms with E-state index in [9.17, 15) is 18.0 Å². The number of rotatable bonds is 5. The molecule has 138 valence electrons. The van der Waals surface area contributed by atoms with Crippen LogP contribution in [0.15, 0.2) is 40.6 Å². The van der Waals surface area contributed by atoms with Crippen LogP contribution in [-0.2, 0) is 26.2 Å². The van der Waals surface area contributed by atoms with Crippen molar-refractivity contribution in [1.29, 1.82) is 0 Å². The summed E-state index contributed by atoms with van der Waals surface area (Å²) in [6, 6.07) is 7.47. The quantitative estimate of drug-likeness (QED) is 0.847. The topological polar surface area (TPSA) is 83.6 Å². The second-order valence-electron chi connectivity index (χ2n) is 6.29. The van der Waals surface area contributed by atoms with Gasteiger partial charge in [-0.1, -0.05) is 12.1 Å². The first-order valence-corrected chi connectivity index (χ1v) is 10.6. The third kappa shape index (κ3) is 3.52. The largest absolute Gasteiger partial charge is 0.349 e. The van der Waals surface area contributed by atoms with Crippen LogP contribution in [0.1, 0.15) is 28.8 Å². The summed E-state index contributed by atoms with van der Waals surface area (Å²) in [5, 5.41) is 4.63. The number of benzene rings is 1. The van der Waals surface area contributed by atoms with Gasteiger partial charge in [0.25, 0.3) is 10.0 Å². The first-order valence-electron chi connectivity index (χ1n) is 8.25. The molecule has 1 N–H and O–H groups in total. The molecule has 1 aliphatic heterocycles. The number of nitrogens with one attached hydrogen (secondary N) is 1. The first-order chi connectivity index (χ1) is 12.3. The van der Waals surface area contributed by atoms with Gasteiger partial charge >= 0.3 is 0 Å². The molecule has 0 unspecified atom stereocenters. The minimum atomic E-state index is -4.07. The Kier molecular flexibility index (Phi) is 5.15. The van der Waals surface area contributed by atoms with Crippen molar-refractivity contribution < 1.29 is 18.0 Å². The van der Waals surface area contributed by atoms with Gasteiger partial charge in [-0.25, -0.2) is 12.7 Å². The minimum Gasteiger partial charge on any atom is -0.349 e. The van der Waals surface area contributed by atoms with E-state index in [1.165, 1.54) is 23.5 Å². The zero-order valence-electron chi connectivity index (χ0n) is 14.6. The third-order valence-electron chi connectivity index (χ3n) is 4.52. The van der Waals surface area contributed by atoms with E-state index in [1.54, 1.807) is 6.07 Å². The second kappa shape index (κ2) is 7.20. The van der Waals surface area contributed by atoms with Gasteiger partial charge in [0.05, 0.1) is 11.4 Å². The molecule has 1 aliphatic rings. The fourth-order valence-corrected chi connectivity index (χ4v) is 5.23. The zero-order valence-corrected chi connectivity index (χ0v) is 16.2. The van der Waals surface area contributed by atoms with E-state index in [1.807, 2.05) is 31.4 Å². The highest BCUT2D eigenvalue weighted by atomic mass is 32.2. The Morgan fingerprint density at radius 2 is 2.04 bits per heavy atom. The number of hydrogen-bond acceptors (Lipinski definition) is 5. The lowest BCUT2D eigenvalue weighted by atomic mass is 10.1. The molecular formula is C18H20N2O4S2. The molecule has 0 radical (unpaired) electrons. The van der Waals surface area contributed by atoms with Crippen molar-refractivity contribution in [2.45, 2.75) is 44.2 Å². The average molecular weight is 393 g/mol. The Bertz CT molecular complexity index is 936. The van der Waals surface area contributed by atoms with Gasteiger partial charge in [-0.3, -0.25) is 9.59 Å². The molecule has 2 heterocycles. The summed E-state index contributed by atoms with van der Waals surface area (Å²) in [4.78, 5) is 25.8. The predicted octanol–water partition coefficient (Wildman–Crippen LogP) is 2.36. The van der Waals surface area contributed by atoms with Gasteiger partial charge in [-0.15, -0.1) is 11.3 Å². The Morgan fingerprint density at radius 1 is 1.27 bits per heavy atom. The van der Waals surface area contributed by atoms with Gasteiger partial charge in [0.2, 0.25) is 11.8 Å². The van der Waals surface area contributed by atoms with Crippen molar-refractivity contribution in [3.8, 4) is 0 Å². The van der Waals surface area contributed by atoms with Gasteiger partial charge in [0.1, 0.15) is 6.04 Å². The van der Waals surface area contributed by atoms with Crippen molar-refractivity contribution in [3.05, 3.63) is 51.7 Å². The summed E-state index contributed by atoms with van der Waals surface area (Å²) in [5.41, 5.74) is 1.78. The van der Waals surface area contributed by atoms with Crippen LogP contribution in [0.25, 0.3) is 0 Å². The number of aryl methyl sites for hydroxylation is 2. The van der Waals surface area contributed by atoms with E-state index < -0.39 is 27.9 Å². The summed E-state index contributed by atoms with van der Waals surface area (Å²) in [7, 11) is -4.07. The minimum absolute atomic E-state index is 0.0342. The number of thiophene rings is 1. The molecule has 0 aliphatic carbocycles. The van der Waals surface area contributed by atoms with Gasteiger partial charge in [0, 0.05) is 11.3 Å². The van der Waals surface area contributed by atoms with Crippen LogP contribution in [0.3, 0.4) is 0 Å². The molecular weight excluding hydrogens is 372 g/mol. The Labute approximate surface area is 156 Å².